The Labute approximate surface area is 171 Å². The summed E-state index contributed by atoms with van der Waals surface area (Å²) in [7, 11) is 0. The van der Waals surface area contributed by atoms with Crippen LogP contribution in [0.2, 0.25) is 0 Å². The van der Waals surface area contributed by atoms with E-state index in [9.17, 15) is 9.59 Å². The maximum atomic E-state index is 12.9. The molecule has 0 radical (unpaired) electrons. The van der Waals surface area contributed by atoms with Gasteiger partial charge >= 0.3 is 0 Å². The molecule has 0 saturated carbocycles. The van der Waals surface area contributed by atoms with Gasteiger partial charge in [0.25, 0.3) is 5.91 Å². The number of benzene rings is 2. The van der Waals surface area contributed by atoms with Gasteiger partial charge in [-0.1, -0.05) is 41.9 Å². The molecule has 0 saturated heterocycles. The van der Waals surface area contributed by atoms with Crippen molar-refractivity contribution in [3.05, 3.63) is 69.3 Å². The lowest BCUT2D eigenvalue weighted by atomic mass is 9.75. The Hall–Kier alpha value is -2.44. The first-order chi connectivity index (χ1) is 13.3. The number of ketones is 1. The summed E-state index contributed by atoms with van der Waals surface area (Å²) in [6.07, 6.45) is 1.39. The summed E-state index contributed by atoms with van der Waals surface area (Å²) in [5.74, 6) is -0.337. The molecule has 0 unspecified atom stereocenters. The molecule has 0 bridgehead atoms. The van der Waals surface area contributed by atoms with E-state index in [-0.39, 0.29) is 11.2 Å². The molecule has 1 aromatic heterocycles. The number of nitrogens with one attached hydrogen (secondary N) is 1. The van der Waals surface area contributed by atoms with Crippen molar-refractivity contribution in [3.8, 4) is 0 Å². The normalized spacial score (nSPS) is 15.5. The van der Waals surface area contributed by atoms with Gasteiger partial charge in [0.05, 0.1) is 0 Å². The Kier molecular flexibility index (Phi) is 4.63. The lowest BCUT2D eigenvalue weighted by molar-refractivity contribution is 0.0706. The predicted molar refractivity (Wildman–Crippen MR) is 111 cm³/mol. The summed E-state index contributed by atoms with van der Waals surface area (Å²) < 4.78 is 3.17. The van der Waals surface area contributed by atoms with E-state index in [4.69, 9.17) is 5.21 Å². The molecule has 0 aliphatic heterocycles. The number of hydrogen-bond donors (Lipinski definition) is 2. The highest BCUT2D eigenvalue weighted by molar-refractivity contribution is 9.10. The van der Waals surface area contributed by atoms with Crippen molar-refractivity contribution < 1.29 is 14.8 Å². The van der Waals surface area contributed by atoms with Gasteiger partial charge in [-0.3, -0.25) is 14.8 Å². The van der Waals surface area contributed by atoms with Crippen LogP contribution in [0.25, 0.3) is 10.9 Å². The Bertz CT molecular complexity index is 1100. The minimum Gasteiger partial charge on any atom is -0.339 e. The molecule has 3 aromatic rings. The number of carbonyl (C=O) groups excluding carboxylic acids is 2. The zero-order valence-corrected chi connectivity index (χ0v) is 17.3. The topological polar surface area (TPSA) is 71.3 Å². The van der Waals surface area contributed by atoms with Crippen molar-refractivity contribution in [2.24, 2.45) is 5.41 Å². The molecule has 1 heterocycles. The zero-order valence-electron chi connectivity index (χ0n) is 15.8. The first-order valence-electron chi connectivity index (χ1n) is 9.16. The number of rotatable bonds is 3. The summed E-state index contributed by atoms with van der Waals surface area (Å²) in [6, 6.07) is 13.2. The second kappa shape index (κ2) is 6.87. The summed E-state index contributed by atoms with van der Waals surface area (Å²) in [6.45, 7) is 4.87. The van der Waals surface area contributed by atoms with Gasteiger partial charge in [0.1, 0.15) is 0 Å². The van der Waals surface area contributed by atoms with Crippen LogP contribution >= 0.6 is 15.9 Å². The third kappa shape index (κ3) is 3.27. The summed E-state index contributed by atoms with van der Waals surface area (Å²) in [4.78, 5) is 24.5. The van der Waals surface area contributed by atoms with Crippen LogP contribution in [0.1, 0.15) is 52.2 Å². The zero-order chi connectivity index (χ0) is 20.1. The van der Waals surface area contributed by atoms with Gasteiger partial charge in [-0.15, -0.1) is 0 Å². The van der Waals surface area contributed by atoms with Crippen molar-refractivity contribution in [2.45, 2.75) is 33.2 Å². The number of hydrogen-bond acceptors (Lipinski definition) is 3. The van der Waals surface area contributed by atoms with E-state index in [2.05, 4.69) is 34.3 Å². The third-order valence-electron chi connectivity index (χ3n) is 5.36. The van der Waals surface area contributed by atoms with Crippen molar-refractivity contribution in [1.29, 1.82) is 0 Å². The van der Waals surface area contributed by atoms with Crippen LogP contribution in [0.5, 0.6) is 0 Å². The van der Waals surface area contributed by atoms with E-state index in [1.165, 1.54) is 0 Å². The molecule has 28 heavy (non-hydrogen) atoms. The molecule has 144 valence electrons. The fourth-order valence-electron chi connectivity index (χ4n) is 4.10. The van der Waals surface area contributed by atoms with Gasteiger partial charge in [-0.25, -0.2) is 5.48 Å². The summed E-state index contributed by atoms with van der Waals surface area (Å²) in [5, 5.41) is 9.76. The van der Waals surface area contributed by atoms with E-state index >= 15 is 0 Å². The first kappa shape index (κ1) is 18.9. The second-order valence-electron chi connectivity index (χ2n) is 8.15. The highest BCUT2D eigenvalue weighted by atomic mass is 79.9. The van der Waals surface area contributed by atoms with E-state index in [0.29, 0.717) is 18.5 Å². The molecule has 5 nitrogen and oxygen atoms in total. The van der Waals surface area contributed by atoms with Crippen LogP contribution < -0.4 is 5.48 Å². The molecule has 0 fully saturated rings. The smallest absolute Gasteiger partial charge is 0.274 e. The van der Waals surface area contributed by atoms with Crippen LogP contribution in [-0.2, 0) is 13.0 Å². The van der Waals surface area contributed by atoms with Gasteiger partial charge in [0.15, 0.2) is 5.78 Å². The Morgan fingerprint density at radius 2 is 1.89 bits per heavy atom. The van der Waals surface area contributed by atoms with Gasteiger partial charge in [-0.2, -0.15) is 0 Å². The minimum absolute atomic E-state index is 0.0729. The largest absolute Gasteiger partial charge is 0.339 e. The molecule has 4 rings (SSSR count). The minimum atomic E-state index is -0.535. The molecule has 6 heteroatoms. The lowest BCUT2D eigenvalue weighted by Gasteiger charge is -2.30. The highest BCUT2D eigenvalue weighted by Gasteiger charge is 2.35. The van der Waals surface area contributed by atoms with E-state index in [1.54, 1.807) is 17.6 Å². The molecular weight excluding hydrogens is 420 g/mol. The Morgan fingerprint density at radius 1 is 1.18 bits per heavy atom. The quantitative estimate of drug-likeness (QED) is 0.456. The molecule has 1 aliphatic carbocycles. The molecule has 1 aliphatic rings. The first-order valence-corrected chi connectivity index (χ1v) is 9.95. The maximum Gasteiger partial charge on any atom is 0.274 e. The third-order valence-corrected chi connectivity index (χ3v) is 5.85. The van der Waals surface area contributed by atoms with Gasteiger partial charge < -0.3 is 4.57 Å². The molecule has 0 spiro atoms. The van der Waals surface area contributed by atoms with E-state index < -0.39 is 5.91 Å². The van der Waals surface area contributed by atoms with Gasteiger partial charge in [0, 0.05) is 45.2 Å². The molecule has 2 N–H and O–H groups in total. The summed E-state index contributed by atoms with van der Waals surface area (Å²) in [5.41, 5.74) is 5.94. The van der Waals surface area contributed by atoms with Gasteiger partial charge in [0.2, 0.25) is 0 Å². The number of hydroxylamine groups is 1. The van der Waals surface area contributed by atoms with Crippen LogP contribution in [0.4, 0.5) is 0 Å². The number of carbonyl (C=O) groups is 2. The highest BCUT2D eigenvalue weighted by Crippen LogP contribution is 2.40. The standard InChI is InChI=1S/C22H21BrN2O3/c1-22(2)10-18-20(19(26)11-22)16-9-15(23)7-8-17(16)25(18)12-13-3-5-14(6-4-13)21(27)24-28/h3-9,28H,10-12H2,1-2H3,(H,24,27). The molecular formula is C22H21BrN2O3. The average molecular weight is 441 g/mol. The molecule has 2 aromatic carbocycles. The van der Waals surface area contributed by atoms with Crippen molar-refractivity contribution >= 4 is 38.5 Å². The number of aromatic nitrogens is 1. The number of fused-ring (bicyclic) bond motifs is 3. The Morgan fingerprint density at radius 3 is 2.57 bits per heavy atom. The maximum absolute atomic E-state index is 12.9. The monoisotopic (exact) mass is 440 g/mol. The average Bonchev–Trinajstić information content (AvgIpc) is 2.93. The fraction of sp³-hybridized carbons (Fsp3) is 0.273. The molecule has 0 atom stereocenters. The van der Waals surface area contributed by atoms with Crippen molar-refractivity contribution in [2.75, 3.05) is 0 Å². The SMILES string of the molecule is CC1(C)CC(=O)c2c(n(Cc3ccc(C(=O)NO)cc3)c3ccc(Br)cc23)C1. The Balaban J connectivity index is 1.83. The van der Waals surface area contributed by atoms with Crippen molar-refractivity contribution in [1.82, 2.24) is 10.0 Å². The number of halogens is 1. The van der Waals surface area contributed by atoms with E-state index in [0.717, 1.165) is 38.6 Å². The number of nitrogens with zero attached hydrogens (tertiary/aromatic N) is 1. The second-order valence-corrected chi connectivity index (χ2v) is 9.06. The van der Waals surface area contributed by atoms with Crippen LogP contribution in [0.3, 0.4) is 0 Å². The van der Waals surface area contributed by atoms with Crippen LogP contribution in [-0.4, -0.2) is 21.5 Å². The van der Waals surface area contributed by atoms with E-state index in [1.807, 2.05) is 30.3 Å². The molecule has 1 amide bonds. The van der Waals surface area contributed by atoms with Gasteiger partial charge in [-0.05, 0) is 47.7 Å². The lowest BCUT2D eigenvalue weighted by Crippen LogP contribution is -2.28. The summed E-state index contributed by atoms with van der Waals surface area (Å²) >= 11 is 3.53. The van der Waals surface area contributed by atoms with Crippen LogP contribution in [0, 0.1) is 5.41 Å². The number of amides is 1. The fourth-order valence-corrected chi connectivity index (χ4v) is 4.46. The predicted octanol–water partition coefficient (Wildman–Crippen LogP) is 4.73. The van der Waals surface area contributed by atoms with Crippen molar-refractivity contribution in [3.63, 3.8) is 0 Å². The van der Waals surface area contributed by atoms with Crippen LogP contribution in [0.15, 0.2) is 46.9 Å². The number of Topliss-reactive ketones (excluding diaryl/α,β-unsaturated/α-hetero) is 1.